The van der Waals surface area contributed by atoms with E-state index in [1.807, 2.05) is 19.1 Å². The summed E-state index contributed by atoms with van der Waals surface area (Å²) in [5.41, 5.74) is 1.63. The summed E-state index contributed by atoms with van der Waals surface area (Å²) in [5.74, 6) is 0.505. The van der Waals surface area contributed by atoms with E-state index < -0.39 is 0 Å². The summed E-state index contributed by atoms with van der Waals surface area (Å²) in [6, 6.07) is 10.4. The number of aryl methyl sites for hydroxylation is 1. The zero-order valence-corrected chi connectivity index (χ0v) is 51.9. The van der Waals surface area contributed by atoms with E-state index in [2.05, 4.69) is 15.2 Å². The van der Waals surface area contributed by atoms with E-state index in [0.717, 1.165) is 40.5 Å². The van der Waals surface area contributed by atoms with Gasteiger partial charge in [0.1, 0.15) is 17.3 Å². The Labute approximate surface area is 488 Å². The Morgan fingerprint density at radius 2 is 0.885 bits per heavy atom. The van der Waals surface area contributed by atoms with E-state index in [0.29, 0.717) is 23.8 Å². The first-order valence-corrected chi connectivity index (χ1v) is 35.0. The number of amides is 1. The molecule has 2 aromatic heterocycles. The van der Waals surface area contributed by atoms with Crippen LogP contribution in [0.2, 0.25) is 5.02 Å². The summed E-state index contributed by atoms with van der Waals surface area (Å²) in [6.07, 6.45) is 70.8. The highest BCUT2D eigenvalue weighted by atomic mass is 35.5. The highest BCUT2D eigenvalue weighted by Crippen LogP contribution is 2.54. The average Bonchev–Trinajstić information content (AvgIpc) is 4.15. The maximum absolute atomic E-state index is 15.2. The molecule has 1 aliphatic carbocycles. The molecular formula is C70H116ClFN4OS. The first kappa shape index (κ1) is 66.3. The average molecular weight is 1120 g/mol. The second-order valence-corrected chi connectivity index (χ2v) is 26.7. The summed E-state index contributed by atoms with van der Waals surface area (Å²) in [6.45, 7) is 3.30. The molecule has 3 aromatic rings. The first-order chi connectivity index (χ1) is 38.4. The zero-order chi connectivity index (χ0) is 54.8. The minimum Gasteiger partial charge on any atom is -0.368 e. The molecule has 78 heavy (non-hydrogen) atoms. The molecule has 0 radical (unpaired) electrons. The molecular weight excluding hydrogens is 999 g/mol. The van der Waals surface area contributed by atoms with Crippen LogP contribution in [0.15, 0.2) is 42.6 Å². The van der Waals surface area contributed by atoms with Gasteiger partial charge in [-0.05, 0) is 74.3 Å². The van der Waals surface area contributed by atoms with Crippen molar-refractivity contribution in [3.8, 4) is 10.4 Å². The Hall–Kier alpha value is -2.51. The number of carbonyl (C=O) groups is 1. The van der Waals surface area contributed by atoms with Gasteiger partial charge in [0.25, 0.3) is 5.91 Å². The normalized spacial score (nSPS) is 22.0. The number of hydrogen-bond acceptors (Lipinski definition) is 5. The van der Waals surface area contributed by atoms with Crippen molar-refractivity contribution in [3.05, 3.63) is 64.1 Å². The van der Waals surface area contributed by atoms with Gasteiger partial charge in [0.2, 0.25) is 0 Å². The van der Waals surface area contributed by atoms with E-state index >= 15 is 4.79 Å². The monoisotopic (exact) mass is 1110 g/mol. The Bertz CT molecular complexity index is 1900. The van der Waals surface area contributed by atoms with Crippen LogP contribution in [0.25, 0.3) is 10.4 Å². The fourth-order valence-corrected chi connectivity index (χ4v) is 13.8. The van der Waals surface area contributed by atoms with Crippen molar-refractivity contribution in [2.75, 3.05) is 18.4 Å². The molecule has 5 rings (SSSR count). The highest BCUT2D eigenvalue weighted by Gasteiger charge is 2.45. The van der Waals surface area contributed by atoms with Gasteiger partial charge in [-0.1, -0.05) is 313 Å². The minimum atomic E-state index is -0.275. The van der Waals surface area contributed by atoms with E-state index in [-0.39, 0.29) is 23.2 Å². The SMILES string of the molecule is Cc1nc(C(=O)N2CCCCCCCCCCCCCCCCCCCCCCCCCCCCCCCCCCCCCCCCCCCCCCCCC3(CC3)CC2CNc2ccc(Cl)cn2)c(-c2ccc(F)cc2)s1. The van der Waals surface area contributed by atoms with Crippen molar-refractivity contribution >= 4 is 34.7 Å². The van der Waals surface area contributed by atoms with Crippen LogP contribution in [0, 0.1) is 18.2 Å². The van der Waals surface area contributed by atoms with Crippen molar-refractivity contribution in [1.82, 2.24) is 14.9 Å². The van der Waals surface area contributed by atoms with Gasteiger partial charge in [-0.25, -0.2) is 14.4 Å². The van der Waals surface area contributed by atoms with Gasteiger partial charge < -0.3 is 10.2 Å². The van der Waals surface area contributed by atoms with E-state index in [1.54, 1.807) is 18.3 Å². The molecule has 2 aliphatic rings. The number of nitrogens with one attached hydrogen (secondary N) is 1. The molecule has 1 N–H and O–H groups in total. The molecule has 2 fully saturated rings. The molecule has 442 valence electrons. The molecule has 1 atom stereocenters. The lowest BCUT2D eigenvalue weighted by Gasteiger charge is -2.35. The molecule has 1 unspecified atom stereocenters. The third-order valence-corrected chi connectivity index (χ3v) is 19.2. The van der Waals surface area contributed by atoms with Gasteiger partial charge in [0, 0.05) is 25.3 Å². The predicted octanol–water partition coefficient (Wildman–Crippen LogP) is 23.7. The number of aromatic nitrogens is 2. The number of halogens is 2. The van der Waals surface area contributed by atoms with Crippen LogP contribution < -0.4 is 5.32 Å². The Balaban J connectivity index is 1.09. The van der Waals surface area contributed by atoms with Crippen LogP contribution in [0.3, 0.4) is 0 Å². The number of carbonyl (C=O) groups excluding carboxylic acids is 1. The fraction of sp³-hybridized carbons (Fsp3) is 0.786. The lowest BCUT2D eigenvalue weighted by Crippen LogP contribution is -2.46. The van der Waals surface area contributed by atoms with Crippen LogP contribution in [0.1, 0.15) is 337 Å². The number of rotatable bonds is 5. The van der Waals surface area contributed by atoms with Crippen LogP contribution in [0.5, 0.6) is 0 Å². The molecule has 1 aromatic carbocycles. The zero-order valence-electron chi connectivity index (χ0n) is 50.3. The molecule has 3 heterocycles. The van der Waals surface area contributed by atoms with Crippen molar-refractivity contribution in [2.24, 2.45) is 5.41 Å². The summed E-state index contributed by atoms with van der Waals surface area (Å²) in [4.78, 5) is 27.7. The third kappa shape index (κ3) is 30.5. The minimum absolute atomic E-state index is 0.000318. The number of benzene rings is 1. The van der Waals surface area contributed by atoms with E-state index in [9.17, 15) is 4.39 Å². The Morgan fingerprint density at radius 1 is 0.526 bits per heavy atom. The number of hydrogen-bond donors (Lipinski definition) is 1. The van der Waals surface area contributed by atoms with Gasteiger partial charge >= 0.3 is 0 Å². The van der Waals surface area contributed by atoms with Crippen molar-refractivity contribution in [2.45, 2.75) is 334 Å². The summed E-state index contributed by atoms with van der Waals surface area (Å²) < 4.78 is 14.1. The smallest absolute Gasteiger partial charge is 0.274 e. The van der Waals surface area contributed by atoms with Crippen LogP contribution in [-0.4, -0.2) is 39.9 Å². The predicted molar refractivity (Wildman–Crippen MR) is 338 cm³/mol. The van der Waals surface area contributed by atoms with Crippen LogP contribution in [0.4, 0.5) is 10.2 Å². The Morgan fingerprint density at radius 3 is 1.23 bits per heavy atom. The summed E-state index contributed by atoms with van der Waals surface area (Å²) in [5, 5.41) is 5.11. The number of thiazole rings is 1. The van der Waals surface area contributed by atoms with Gasteiger partial charge in [-0.15, -0.1) is 11.3 Å². The molecule has 1 aliphatic heterocycles. The lowest BCUT2D eigenvalue weighted by molar-refractivity contribution is 0.0644. The van der Waals surface area contributed by atoms with Gasteiger partial charge in [-0.3, -0.25) is 4.79 Å². The van der Waals surface area contributed by atoms with Crippen molar-refractivity contribution in [1.29, 1.82) is 0 Å². The maximum Gasteiger partial charge on any atom is 0.274 e. The van der Waals surface area contributed by atoms with E-state index in [1.165, 1.54) is 325 Å². The van der Waals surface area contributed by atoms with Gasteiger partial charge in [0.05, 0.1) is 14.9 Å². The van der Waals surface area contributed by atoms with E-state index in [4.69, 9.17) is 16.6 Å². The molecule has 0 bridgehead atoms. The molecule has 1 spiro atoms. The summed E-state index contributed by atoms with van der Waals surface area (Å²) >= 11 is 7.80. The largest absolute Gasteiger partial charge is 0.368 e. The maximum atomic E-state index is 15.2. The molecule has 1 saturated heterocycles. The number of nitrogens with zero attached hydrogens (tertiary/aromatic N) is 3. The van der Waals surface area contributed by atoms with Crippen LogP contribution in [-0.2, 0) is 0 Å². The molecule has 1 saturated carbocycles. The first-order valence-electron chi connectivity index (χ1n) is 33.8. The number of pyridine rings is 1. The topological polar surface area (TPSA) is 58.1 Å². The lowest BCUT2D eigenvalue weighted by atomic mass is 9.89. The third-order valence-electron chi connectivity index (χ3n) is 18.0. The Kier molecular flexibility index (Phi) is 36.7. The van der Waals surface area contributed by atoms with Crippen molar-refractivity contribution in [3.63, 3.8) is 0 Å². The molecule has 1 amide bonds. The summed E-state index contributed by atoms with van der Waals surface area (Å²) in [7, 11) is 0. The second kappa shape index (κ2) is 43.2. The molecule has 5 nitrogen and oxygen atoms in total. The molecule has 8 heteroatoms. The second-order valence-electron chi connectivity index (χ2n) is 25.0. The number of anilines is 1. The highest BCUT2D eigenvalue weighted by molar-refractivity contribution is 7.15. The van der Waals surface area contributed by atoms with Crippen molar-refractivity contribution < 1.29 is 9.18 Å². The quantitative estimate of drug-likeness (QED) is 0.277. The van der Waals surface area contributed by atoms with Crippen LogP contribution >= 0.6 is 22.9 Å². The standard InChI is InChI=1S/C70H116ClFN4OS/c1-61-75-67(68(78-61)62-48-51-64(72)52-49-62)69(77)76-57-47-45-43-41-39-37-35-33-31-29-27-25-23-21-19-17-15-13-11-9-7-5-3-2-4-6-8-10-12-14-16-18-20-22-24-26-28-30-32-34-36-38-40-42-44-46-54-70(55-56-70)58-65(76)60-74-66-53-50-63(71)59-73-66/h48-53,59,65H,2-47,54-58,60H2,1H3,(H,73,74). The van der Waals surface area contributed by atoms with Gasteiger partial charge in [-0.2, -0.15) is 0 Å². The van der Waals surface area contributed by atoms with Gasteiger partial charge in [0.15, 0.2) is 0 Å². The fourth-order valence-electron chi connectivity index (χ4n) is 12.7.